The first kappa shape index (κ1) is 11.6. The lowest BCUT2D eigenvalue weighted by atomic mass is 9.98. The smallest absolute Gasteiger partial charge is 0.0629 e. The monoisotopic (exact) mass is 223 g/mol. The summed E-state index contributed by atoms with van der Waals surface area (Å²) in [7, 11) is 0. The molecule has 2 aromatic carbocycles. The highest BCUT2D eigenvalue weighted by Crippen LogP contribution is 2.18. The number of hydrogen-bond donors (Lipinski definition) is 0. The fraction of sp³-hybridized carbons (Fsp3) is 0.188. The van der Waals surface area contributed by atoms with Gasteiger partial charge < -0.3 is 0 Å². The Kier molecular flexibility index (Phi) is 3.71. The number of benzene rings is 2. The van der Waals surface area contributed by atoms with Gasteiger partial charge in [0.15, 0.2) is 0 Å². The lowest BCUT2D eigenvalue weighted by Crippen LogP contribution is -1.94. The Morgan fingerprint density at radius 1 is 0.882 bits per heavy atom. The van der Waals surface area contributed by atoms with E-state index < -0.39 is 0 Å². The lowest BCUT2D eigenvalue weighted by Gasteiger charge is -2.08. The Morgan fingerprint density at radius 3 is 2.24 bits per heavy atom. The van der Waals surface area contributed by atoms with E-state index >= 15 is 0 Å². The maximum absolute atomic E-state index is 4.49. The molecule has 0 N–H and O–H groups in total. The van der Waals surface area contributed by atoms with Gasteiger partial charge in [-0.3, -0.25) is 4.99 Å². The minimum absolute atomic E-state index is 0.522. The predicted octanol–water partition coefficient (Wildman–Crippen LogP) is 4.56. The molecule has 0 saturated carbocycles. The summed E-state index contributed by atoms with van der Waals surface area (Å²) in [5.41, 5.74) is 3.53. The van der Waals surface area contributed by atoms with E-state index in [4.69, 9.17) is 0 Å². The molecule has 0 bridgehead atoms. The third-order valence-corrected chi connectivity index (χ3v) is 2.73. The summed E-state index contributed by atoms with van der Waals surface area (Å²) in [4.78, 5) is 4.49. The highest BCUT2D eigenvalue weighted by molar-refractivity contribution is 5.84. The standard InChI is InChI=1S/C16H17N/c1-13(2)16-11-7-6-8-14(16)12-17-15-9-4-3-5-10-15/h3-13H,1-2H3. The molecule has 1 heteroatoms. The molecule has 0 aliphatic carbocycles. The molecule has 0 amide bonds. The van der Waals surface area contributed by atoms with Gasteiger partial charge in [-0.2, -0.15) is 0 Å². The molecule has 17 heavy (non-hydrogen) atoms. The van der Waals surface area contributed by atoms with Crippen LogP contribution in [0.5, 0.6) is 0 Å². The van der Waals surface area contributed by atoms with Crippen LogP contribution in [-0.4, -0.2) is 6.21 Å². The first-order valence-corrected chi connectivity index (χ1v) is 5.95. The minimum atomic E-state index is 0.522. The lowest BCUT2D eigenvalue weighted by molar-refractivity contribution is 0.865. The molecular formula is C16H17N. The molecule has 0 aliphatic rings. The van der Waals surface area contributed by atoms with Crippen molar-refractivity contribution in [1.29, 1.82) is 0 Å². The Labute approximate surface area is 103 Å². The van der Waals surface area contributed by atoms with Crippen LogP contribution in [0.4, 0.5) is 5.69 Å². The van der Waals surface area contributed by atoms with Crippen molar-refractivity contribution in [3.63, 3.8) is 0 Å². The van der Waals surface area contributed by atoms with Crippen LogP contribution < -0.4 is 0 Å². The number of para-hydroxylation sites is 1. The Hall–Kier alpha value is -1.89. The number of rotatable bonds is 3. The van der Waals surface area contributed by atoms with Gasteiger partial charge in [-0.15, -0.1) is 0 Å². The van der Waals surface area contributed by atoms with Gasteiger partial charge in [0, 0.05) is 6.21 Å². The van der Waals surface area contributed by atoms with Crippen LogP contribution in [0.1, 0.15) is 30.9 Å². The Morgan fingerprint density at radius 2 is 1.53 bits per heavy atom. The summed E-state index contributed by atoms with van der Waals surface area (Å²) in [5.74, 6) is 0.522. The van der Waals surface area contributed by atoms with E-state index in [0.717, 1.165) is 5.69 Å². The number of aliphatic imine (C=N–C) groups is 1. The third-order valence-electron chi connectivity index (χ3n) is 2.73. The summed E-state index contributed by atoms with van der Waals surface area (Å²) < 4.78 is 0. The average Bonchev–Trinajstić information content (AvgIpc) is 2.38. The van der Waals surface area contributed by atoms with E-state index in [1.807, 2.05) is 36.5 Å². The van der Waals surface area contributed by atoms with Crippen molar-refractivity contribution in [2.75, 3.05) is 0 Å². The van der Waals surface area contributed by atoms with Crippen molar-refractivity contribution in [1.82, 2.24) is 0 Å². The molecule has 2 rings (SSSR count). The molecule has 86 valence electrons. The second kappa shape index (κ2) is 5.44. The summed E-state index contributed by atoms with van der Waals surface area (Å²) >= 11 is 0. The van der Waals surface area contributed by atoms with Crippen LogP contribution in [0, 0.1) is 0 Å². The largest absolute Gasteiger partial charge is 0.256 e. The van der Waals surface area contributed by atoms with Crippen LogP contribution in [-0.2, 0) is 0 Å². The number of hydrogen-bond acceptors (Lipinski definition) is 1. The second-order valence-corrected chi connectivity index (χ2v) is 4.38. The average molecular weight is 223 g/mol. The maximum atomic E-state index is 4.49. The summed E-state index contributed by atoms with van der Waals surface area (Å²) in [6, 6.07) is 18.4. The van der Waals surface area contributed by atoms with Gasteiger partial charge in [-0.1, -0.05) is 56.3 Å². The van der Waals surface area contributed by atoms with Gasteiger partial charge in [-0.05, 0) is 29.2 Å². The van der Waals surface area contributed by atoms with E-state index in [0.29, 0.717) is 5.92 Å². The second-order valence-electron chi connectivity index (χ2n) is 4.38. The quantitative estimate of drug-likeness (QED) is 0.676. The van der Waals surface area contributed by atoms with Crippen molar-refractivity contribution >= 4 is 11.9 Å². The molecule has 0 aromatic heterocycles. The first-order chi connectivity index (χ1) is 8.27. The molecule has 0 saturated heterocycles. The van der Waals surface area contributed by atoms with E-state index in [1.54, 1.807) is 0 Å². The molecule has 0 fully saturated rings. The molecule has 0 radical (unpaired) electrons. The van der Waals surface area contributed by atoms with Gasteiger partial charge in [0.05, 0.1) is 5.69 Å². The Bertz CT molecular complexity index is 498. The van der Waals surface area contributed by atoms with E-state index in [2.05, 4.69) is 43.1 Å². The van der Waals surface area contributed by atoms with E-state index in [1.165, 1.54) is 11.1 Å². The van der Waals surface area contributed by atoms with Crippen LogP contribution in [0.15, 0.2) is 59.6 Å². The highest BCUT2D eigenvalue weighted by atomic mass is 14.7. The van der Waals surface area contributed by atoms with Crippen molar-refractivity contribution in [3.8, 4) is 0 Å². The van der Waals surface area contributed by atoms with Crippen LogP contribution >= 0.6 is 0 Å². The molecule has 0 spiro atoms. The maximum Gasteiger partial charge on any atom is 0.0629 e. The highest BCUT2D eigenvalue weighted by Gasteiger charge is 2.02. The molecule has 0 unspecified atom stereocenters. The zero-order valence-corrected chi connectivity index (χ0v) is 10.3. The molecule has 0 heterocycles. The van der Waals surface area contributed by atoms with Gasteiger partial charge in [0.2, 0.25) is 0 Å². The SMILES string of the molecule is CC(C)c1ccccc1C=Nc1ccccc1. The molecular weight excluding hydrogens is 206 g/mol. The molecule has 0 atom stereocenters. The van der Waals surface area contributed by atoms with Gasteiger partial charge in [-0.25, -0.2) is 0 Å². The number of nitrogens with zero attached hydrogens (tertiary/aromatic N) is 1. The van der Waals surface area contributed by atoms with Crippen molar-refractivity contribution in [2.24, 2.45) is 4.99 Å². The van der Waals surface area contributed by atoms with Gasteiger partial charge >= 0.3 is 0 Å². The normalized spacial score (nSPS) is 11.2. The van der Waals surface area contributed by atoms with Gasteiger partial charge in [0.1, 0.15) is 0 Å². The topological polar surface area (TPSA) is 12.4 Å². The summed E-state index contributed by atoms with van der Waals surface area (Å²) in [6.45, 7) is 4.41. The van der Waals surface area contributed by atoms with Crippen LogP contribution in [0.3, 0.4) is 0 Å². The molecule has 2 aromatic rings. The Balaban J connectivity index is 2.27. The van der Waals surface area contributed by atoms with E-state index in [-0.39, 0.29) is 0 Å². The van der Waals surface area contributed by atoms with E-state index in [9.17, 15) is 0 Å². The minimum Gasteiger partial charge on any atom is -0.256 e. The zero-order valence-electron chi connectivity index (χ0n) is 10.3. The fourth-order valence-electron chi connectivity index (χ4n) is 1.81. The summed E-state index contributed by atoms with van der Waals surface area (Å²) in [6.07, 6.45) is 1.95. The molecule has 1 nitrogen and oxygen atoms in total. The van der Waals surface area contributed by atoms with Crippen molar-refractivity contribution < 1.29 is 0 Å². The van der Waals surface area contributed by atoms with Crippen LogP contribution in [0.25, 0.3) is 0 Å². The van der Waals surface area contributed by atoms with Gasteiger partial charge in [0.25, 0.3) is 0 Å². The summed E-state index contributed by atoms with van der Waals surface area (Å²) in [5, 5.41) is 0. The molecule has 0 aliphatic heterocycles. The first-order valence-electron chi connectivity index (χ1n) is 5.95. The van der Waals surface area contributed by atoms with Crippen molar-refractivity contribution in [2.45, 2.75) is 19.8 Å². The van der Waals surface area contributed by atoms with Crippen molar-refractivity contribution in [3.05, 3.63) is 65.7 Å². The predicted molar refractivity (Wildman–Crippen MR) is 74.2 cm³/mol. The third kappa shape index (κ3) is 3.04. The zero-order chi connectivity index (χ0) is 12.1. The van der Waals surface area contributed by atoms with Crippen LogP contribution in [0.2, 0.25) is 0 Å². The fourth-order valence-corrected chi connectivity index (χ4v) is 1.81.